The van der Waals surface area contributed by atoms with Gasteiger partial charge in [-0.25, -0.2) is 9.46 Å². The predicted molar refractivity (Wildman–Crippen MR) is 114 cm³/mol. The van der Waals surface area contributed by atoms with Gasteiger partial charge >= 0.3 is 14.2 Å². The fraction of sp³-hybridized carbons (Fsp3) is 0.737. The summed E-state index contributed by atoms with van der Waals surface area (Å²) in [7, 11) is -1.49. The third kappa shape index (κ3) is 5.98. The van der Waals surface area contributed by atoms with Crippen LogP contribution in [-0.2, 0) is 13.8 Å². The van der Waals surface area contributed by atoms with Crippen molar-refractivity contribution >= 4 is 14.9 Å². The maximum absolute atomic E-state index is 12.3. The van der Waals surface area contributed by atoms with Crippen molar-refractivity contribution in [1.82, 2.24) is 14.2 Å². The van der Waals surface area contributed by atoms with E-state index in [0.717, 1.165) is 0 Å². The number of aromatic amines is 1. The number of hydrogen-bond donors (Lipinski definition) is 1. The molecule has 0 bridgehead atoms. The first-order valence-corrected chi connectivity index (χ1v) is 11.0. The highest BCUT2D eigenvalue weighted by molar-refractivity contribution is 7.45. The lowest BCUT2D eigenvalue weighted by Gasteiger charge is -2.36. The van der Waals surface area contributed by atoms with Crippen LogP contribution in [0.4, 0.5) is 0 Å². The molecule has 0 spiro atoms. The van der Waals surface area contributed by atoms with Crippen LogP contribution in [0.25, 0.3) is 0 Å². The molecule has 9 nitrogen and oxygen atoms in total. The number of nitrogens with one attached hydrogen (secondary N) is 1. The van der Waals surface area contributed by atoms with E-state index < -0.39 is 38.2 Å². The summed E-state index contributed by atoms with van der Waals surface area (Å²) in [5.41, 5.74) is -0.549. The molecule has 1 aliphatic heterocycles. The zero-order chi connectivity index (χ0) is 22.4. The summed E-state index contributed by atoms with van der Waals surface area (Å²) in [5, 5.41) is 0. The maximum atomic E-state index is 12.3. The molecule has 4 atom stereocenters. The summed E-state index contributed by atoms with van der Waals surface area (Å²) in [6.45, 7) is 12.4. The lowest BCUT2D eigenvalue weighted by molar-refractivity contribution is -0.00783. The van der Waals surface area contributed by atoms with Gasteiger partial charge in [0.05, 0.1) is 12.2 Å². The normalized spacial score (nSPS) is 24.0. The van der Waals surface area contributed by atoms with E-state index in [1.54, 1.807) is 6.92 Å². The first kappa shape index (κ1) is 22.2. The van der Waals surface area contributed by atoms with E-state index in [-0.39, 0.29) is 19.0 Å². The van der Waals surface area contributed by atoms with Crippen molar-refractivity contribution in [3.05, 3.63) is 32.6 Å². The predicted octanol–water partition coefficient (Wildman–Crippen LogP) is 2.95. The largest absolute Gasteiger partial charge is 0.425 e. The van der Waals surface area contributed by atoms with E-state index in [1.165, 1.54) is 17.2 Å². The lowest BCUT2D eigenvalue weighted by atomic mass is 10.2. The minimum Gasteiger partial charge on any atom is -0.425 e. The van der Waals surface area contributed by atoms with E-state index in [9.17, 15) is 9.59 Å². The van der Waals surface area contributed by atoms with E-state index in [2.05, 4.69) is 42.3 Å². The topological polar surface area (TPSA) is 98.2 Å². The quantitative estimate of drug-likeness (QED) is 0.368. The molecule has 0 aliphatic carbocycles. The van der Waals surface area contributed by atoms with Gasteiger partial charge < -0.3 is 13.8 Å². The highest BCUT2D eigenvalue weighted by atomic mass is 31.2. The molecule has 1 fully saturated rings. The number of hydrogen-bond acceptors (Lipinski definition) is 7. The van der Waals surface area contributed by atoms with Crippen molar-refractivity contribution in [1.29, 1.82) is 0 Å². The Balaban J connectivity index is 2.26. The van der Waals surface area contributed by atoms with Crippen molar-refractivity contribution < 1.29 is 15.2 Å². The Hall–Kier alpha value is -1.54. The monoisotopic (exact) mass is 429 g/mol. The second kappa shape index (κ2) is 10.5. The van der Waals surface area contributed by atoms with Crippen molar-refractivity contribution in [2.24, 2.45) is 4.99 Å². The number of H-pyrrole nitrogens is 1. The van der Waals surface area contributed by atoms with Crippen LogP contribution in [0.3, 0.4) is 0 Å². The van der Waals surface area contributed by atoms with Gasteiger partial charge in [-0.1, -0.05) is 0 Å². The smallest absolute Gasteiger partial charge is 0.330 e. The zero-order valence-corrected chi connectivity index (χ0v) is 18.9. The molecule has 2 heterocycles. The summed E-state index contributed by atoms with van der Waals surface area (Å²) >= 11 is 0. The molecule has 1 aromatic rings. The van der Waals surface area contributed by atoms with Crippen molar-refractivity contribution in [3.63, 3.8) is 0 Å². The van der Waals surface area contributed by atoms with Gasteiger partial charge in [0, 0.05) is 38.2 Å². The highest BCUT2D eigenvalue weighted by Gasteiger charge is 2.39. The molecule has 1 saturated heterocycles. The number of ether oxygens (including phenoxy) is 1. The van der Waals surface area contributed by atoms with Crippen LogP contribution in [0.15, 0.2) is 20.8 Å². The molecule has 0 amide bonds. The fourth-order valence-corrected chi connectivity index (χ4v) is 4.78. The van der Waals surface area contributed by atoms with Crippen LogP contribution in [0, 0.1) is 6.92 Å². The van der Waals surface area contributed by atoms with Crippen LogP contribution >= 0.6 is 8.53 Å². The summed E-state index contributed by atoms with van der Waals surface area (Å²) in [4.78, 5) is 30.4. The van der Waals surface area contributed by atoms with Gasteiger partial charge in [0.2, 0.25) is 0 Å². The third-order valence-electron chi connectivity index (χ3n) is 4.50. The second-order valence-electron chi connectivity index (χ2n) is 7.50. The van der Waals surface area contributed by atoms with Gasteiger partial charge in [-0.3, -0.25) is 19.3 Å². The molecule has 164 valence electrons. The lowest BCUT2D eigenvalue weighted by Crippen LogP contribution is -2.35. The van der Waals surface area contributed by atoms with Crippen molar-refractivity contribution in [3.8, 4) is 0 Å². The SMILES string of the molecule is [2H]CC1OC(n2cc(C)c(=O)[nH]c2=O)C[C@H]1OP(OC=NCC)N(C(C)C)C(C)C. The van der Waals surface area contributed by atoms with Gasteiger partial charge in [0.15, 0.2) is 6.40 Å². The number of aliphatic imine (C=N–C) groups is 1. The number of rotatable bonds is 9. The van der Waals surface area contributed by atoms with E-state index in [4.69, 9.17) is 15.2 Å². The Morgan fingerprint density at radius 3 is 2.72 bits per heavy atom. The van der Waals surface area contributed by atoms with Crippen molar-refractivity contribution in [2.75, 3.05) is 6.54 Å². The van der Waals surface area contributed by atoms with Crippen LogP contribution in [0.5, 0.6) is 0 Å². The average Bonchev–Trinajstić information content (AvgIpc) is 3.06. The number of aromatic nitrogens is 2. The number of nitrogens with zero attached hydrogens (tertiary/aromatic N) is 3. The molecule has 1 aliphatic rings. The van der Waals surface area contributed by atoms with E-state index >= 15 is 0 Å². The fourth-order valence-electron chi connectivity index (χ4n) is 3.16. The minimum atomic E-state index is -1.49. The van der Waals surface area contributed by atoms with Crippen LogP contribution in [0.1, 0.15) is 61.1 Å². The van der Waals surface area contributed by atoms with E-state index in [1.807, 2.05) is 6.92 Å². The molecule has 3 unspecified atom stereocenters. The zero-order valence-electron chi connectivity index (χ0n) is 19.0. The summed E-state index contributed by atoms with van der Waals surface area (Å²) in [6, 6.07) is 0.339. The summed E-state index contributed by atoms with van der Waals surface area (Å²) in [5.74, 6) is 0. The van der Waals surface area contributed by atoms with Gasteiger partial charge in [-0.2, -0.15) is 0 Å². The van der Waals surface area contributed by atoms with Crippen LogP contribution < -0.4 is 11.2 Å². The first-order valence-electron chi connectivity index (χ1n) is 10.6. The molecule has 0 saturated carbocycles. The van der Waals surface area contributed by atoms with Gasteiger partial charge in [0.25, 0.3) is 5.56 Å². The second-order valence-corrected chi connectivity index (χ2v) is 8.86. The Labute approximate surface area is 174 Å². The highest BCUT2D eigenvalue weighted by Crippen LogP contribution is 2.49. The molecular formula is C19H33N4O5P. The molecule has 1 aromatic heterocycles. The minimum absolute atomic E-state index is 0.0200. The molecule has 0 radical (unpaired) electrons. The Kier molecular flexibility index (Phi) is 8.00. The standard InChI is InChI=1S/C19H33N4O5P/c1-8-20-11-26-29(23(12(2)3)13(4)5)28-16-9-17(27-15(16)7)22-10-14(6)18(24)21-19(22)25/h10-13,15-17H,8-9H2,1-7H3,(H,21,24,25)/t15?,16-,17?,29?/m1/s1/i7D. The molecule has 29 heavy (non-hydrogen) atoms. The Bertz CT molecular complexity index is 820. The van der Waals surface area contributed by atoms with Gasteiger partial charge in [-0.05, 0) is 48.4 Å². The molecule has 2 rings (SSSR count). The number of aryl methyl sites for hydroxylation is 1. The average molecular weight is 429 g/mol. The van der Waals surface area contributed by atoms with Gasteiger partial charge in [-0.15, -0.1) is 0 Å². The molecule has 0 aromatic carbocycles. The van der Waals surface area contributed by atoms with Crippen LogP contribution in [-0.4, -0.2) is 51.5 Å². The summed E-state index contributed by atoms with van der Waals surface area (Å²) < 4.78 is 29.5. The van der Waals surface area contributed by atoms with Crippen molar-refractivity contribution in [2.45, 2.75) is 85.4 Å². The molecule has 10 heteroatoms. The van der Waals surface area contributed by atoms with Crippen LogP contribution in [0.2, 0.25) is 0 Å². The van der Waals surface area contributed by atoms with Gasteiger partial charge in [0.1, 0.15) is 6.23 Å². The first-order chi connectivity index (χ1) is 14.2. The van der Waals surface area contributed by atoms with E-state index in [0.29, 0.717) is 18.5 Å². The third-order valence-corrected chi connectivity index (χ3v) is 6.53. The molecule has 1 N–H and O–H groups in total. The summed E-state index contributed by atoms with van der Waals surface area (Å²) in [6.07, 6.45) is 1.69. The Morgan fingerprint density at radius 1 is 1.45 bits per heavy atom. The molecular weight excluding hydrogens is 395 g/mol. The maximum Gasteiger partial charge on any atom is 0.330 e. The Morgan fingerprint density at radius 2 is 2.14 bits per heavy atom.